The molecule has 0 aliphatic carbocycles. The third-order valence-corrected chi connectivity index (χ3v) is 4.24. The van der Waals surface area contributed by atoms with Gasteiger partial charge in [0.15, 0.2) is 0 Å². The number of benzene rings is 2. The summed E-state index contributed by atoms with van der Waals surface area (Å²) in [6, 6.07) is 15.6. The van der Waals surface area contributed by atoms with Crippen LogP contribution in [0.15, 0.2) is 60.9 Å². The summed E-state index contributed by atoms with van der Waals surface area (Å²) in [6.45, 7) is 3.31. The highest BCUT2D eigenvalue weighted by molar-refractivity contribution is 5.94. The summed E-state index contributed by atoms with van der Waals surface area (Å²) in [6.07, 6.45) is 4.40. The Morgan fingerprint density at radius 2 is 2.00 bits per heavy atom. The van der Waals surface area contributed by atoms with Crippen LogP contribution in [-0.4, -0.2) is 29.3 Å². The summed E-state index contributed by atoms with van der Waals surface area (Å²) in [5.41, 5.74) is 4.04. The van der Waals surface area contributed by atoms with Gasteiger partial charge in [0.05, 0.1) is 13.7 Å². The molecule has 0 fully saturated rings. The van der Waals surface area contributed by atoms with Gasteiger partial charge in [0, 0.05) is 24.5 Å². The fraction of sp³-hybridized carbons (Fsp3) is 0.238. The lowest BCUT2D eigenvalue weighted by Crippen LogP contribution is -2.25. The van der Waals surface area contributed by atoms with Gasteiger partial charge in [-0.25, -0.2) is 0 Å². The third kappa shape index (κ3) is 4.51. The Bertz CT molecular complexity index is 855. The molecule has 5 nitrogen and oxygen atoms in total. The second-order valence-electron chi connectivity index (χ2n) is 6.22. The number of aryl methyl sites for hydroxylation is 1. The van der Waals surface area contributed by atoms with Crippen molar-refractivity contribution in [2.75, 3.05) is 13.7 Å². The SMILES string of the molecule is COc1ccc(C)cc1CCNC(=O)c1ccc(Cn2cccn2)cc1. The monoisotopic (exact) mass is 349 g/mol. The van der Waals surface area contributed by atoms with Crippen LogP contribution >= 0.6 is 0 Å². The van der Waals surface area contributed by atoms with Crippen molar-refractivity contribution in [1.29, 1.82) is 0 Å². The van der Waals surface area contributed by atoms with Crippen molar-refractivity contribution in [3.05, 3.63) is 83.2 Å². The molecule has 0 spiro atoms. The molecule has 0 aliphatic rings. The van der Waals surface area contributed by atoms with Crippen LogP contribution in [0, 0.1) is 6.92 Å². The summed E-state index contributed by atoms with van der Waals surface area (Å²) >= 11 is 0. The minimum Gasteiger partial charge on any atom is -0.496 e. The average Bonchev–Trinajstić information content (AvgIpc) is 3.15. The molecule has 0 saturated carbocycles. The van der Waals surface area contributed by atoms with E-state index in [4.69, 9.17) is 4.74 Å². The van der Waals surface area contributed by atoms with E-state index in [2.05, 4.69) is 16.5 Å². The van der Waals surface area contributed by atoms with E-state index < -0.39 is 0 Å². The molecule has 1 amide bonds. The lowest BCUT2D eigenvalue weighted by molar-refractivity contribution is 0.0954. The number of nitrogens with one attached hydrogen (secondary N) is 1. The normalized spacial score (nSPS) is 10.5. The second-order valence-corrected chi connectivity index (χ2v) is 6.22. The van der Waals surface area contributed by atoms with Crippen molar-refractivity contribution in [3.8, 4) is 5.75 Å². The van der Waals surface area contributed by atoms with E-state index in [1.165, 1.54) is 5.56 Å². The first kappa shape index (κ1) is 17.7. The lowest BCUT2D eigenvalue weighted by atomic mass is 10.1. The Kier molecular flexibility index (Phi) is 5.69. The molecule has 0 bridgehead atoms. The first-order valence-corrected chi connectivity index (χ1v) is 8.64. The summed E-state index contributed by atoms with van der Waals surface area (Å²) in [5.74, 6) is 0.787. The minimum atomic E-state index is -0.0674. The fourth-order valence-electron chi connectivity index (χ4n) is 2.86. The maximum atomic E-state index is 12.3. The van der Waals surface area contributed by atoms with Crippen LogP contribution in [0.5, 0.6) is 5.75 Å². The summed E-state index contributed by atoms with van der Waals surface area (Å²) in [7, 11) is 1.66. The van der Waals surface area contributed by atoms with E-state index >= 15 is 0 Å². The summed E-state index contributed by atoms with van der Waals surface area (Å²) in [4.78, 5) is 12.3. The van der Waals surface area contributed by atoms with Gasteiger partial charge >= 0.3 is 0 Å². The number of methoxy groups -OCH3 is 1. The molecule has 0 atom stereocenters. The maximum Gasteiger partial charge on any atom is 0.251 e. The van der Waals surface area contributed by atoms with Gasteiger partial charge in [0.2, 0.25) is 0 Å². The molecule has 1 heterocycles. The zero-order valence-corrected chi connectivity index (χ0v) is 15.1. The van der Waals surface area contributed by atoms with Crippen molar-refractivity contribution < 1.29 is 9.53 Å². The highest BCUT2D eigenvalue weighted by atomic mass is 16.5. The number of aromatic nitrogens is 2. The quantitative estimate of drug-likeness (QED) is 0.712. The summed E-state index contributed by atoms with van der Waals surface area (Å²) < 4.78 is 7.23. The van der Waals surface area contributed by atoms with Crippen LogP contribution in [0.2, 0.25) is 0 Å². The molecule has 0 aliphatic heterocycles. The van der Waals surface area contributed by atoms with Gasteiger partial charge in [0.1, 0.15) is 5.75 Å². The number of hydrogen-bond acceptors (Lipinski definition) is 3. The number of rotatable bonds is 7. The van der Waals surface area contributed by atoms with Crippen molar-refractivity contribution in [2.24, 2.45) is 0 Å². The molecule has 0 saturated heterocycles. The molecule has 5 heteroatoms. The fourth-order valence-corrected chi connectivity index (χ4v) is 2.86. The van der Waals surface area contributed by atoms with Crippen molar-refractivity contribution in [2.45, 2.75) is 19.9 Å². The number of carbonyl (C=O) groups excluding carboxylic acids is 1. The predicted molar refractivity (Wildman–Crippen MR) is 102 cm³/mol. The zero-order valence-electron chi connectivity index (χ0n) is 15.1. The molecule has 26 heavy (non-hydrogen) atoms. The Balaban J connectivity index is 1.54. The van der Waals surface area contributed by atoms with Gasteiger partial charge in [-0.2, -0.15) is 5.10 Å². The maximum absolute atomic E-state index is 12.3. The van der Waals surface area contributed by atoms with Crippen LogP contribution in [0.3, 0.4) is 0 Å². The number of amides is 1. The first-order chi connectivity index (χ1) is 12.7. The molecule has 3 aromatic rings. The molecule has 1 aromatic heterocycles. The Hall–Kier alpha value is -3.08. The highest BCUT2D eigenvalue weighted by Crippen LogP contribution is 2.19. The van der Waals surface area contributed by atoms with Crippen LogP contribution in [0.25, 0.3) is 0 Å². The number of carbonyl (C=O) groups is 1. The first-order valence-electron chi connectivity index (χ1n) is 8.64. The number of nitrogens with zero attached hydrogens (tertiary/aromatic N) is 2. The van der Waals surface area contributed by atoms with E-state index in [-0.39, 0.29) is 5.91 Å². The second kappa shape index (κ2) is 8.34. The number of hydrogen-bond donors (Lipinski definition) is 1. The highest BCUT2D eigenvalue weighted by Gasteiger charge is 2.07. The van der Waals surface area contributed by atoms with Crippen LogP contribution in [-0.2, 0) is 13.0 Å². The Morgan fingerprint density at radius 1 is 1.19 bits per heavy atom. The smallest absolute Gasteiger partial charge is 0.251 e. The zero-order chi connectivity index (χ0) is 18.4. The molecule has 134 valence electrons. The van der Waals surface area contributed by atoms with Gasteiger partial charge in [0.25, 0.3) is 5.91 Å². The van der Waals surface area contributed by atoms with Gasteiger partial charge in [-0.3, -0.25) is 9.48 Å². The molecule has 3 rings (SSSR count). The van der Waals surface area contributed by atoms with E-state index in [1.807, 2.05) is 60.3 Å². The Labute approximate surface area is 153 Å². The molecule has 1 N–H and O–H groups in total. The lowest BCUT2D eigenvalue weighted by Gasteiger charge is -2.10. The third-order valence-electron chi connectivity index (χ3n) is 4.24. The van der Waals surface area contributed by atoms with Gasteiger partial charge in [-0.1, -0.05) is 29.8 Å². The van der Waals surface area contributed by atoms with Gasteiger partial charge < -0.3 is 10.1 Å². The van der Waals surface area contributed by atoms with Crippen LogP contribution in [0.1, 0.15) is 27.0 Å². The van der Waals surface area contributed by atoms with Crippen LogP contribution in [0.4, 0.5) is 0 Å². The van der Waals surface area contributed by atoms with Gasteiger partial charge in [-0.15, -0.1) is 0 Å². The van der Waals surface area contributed by atoms with E-state index in [0.717, 1.165) is 23.3 Å². The summed E-state index contributed by atoms with van der Waals surface area (Å²) in [5, 5.41) is 7.16. The van der Waals surface area contributed by atoms with Crippen LogP contribution < -0.4 is 10.1 Å². The molecule has 2 aromatic carbocycles. The Morgan fingerprint density at radius 3 is 2.69 bits per heavy atom. The molecule has 0 radical (unpaired) electrons. The van der Waals surface area contributed by atoms with E-state index in [0.29, 0.717) is 18.7 Å². The van der Waals surface area contributed by atoms with Gasteiger partial charge in [-0.05, 0) is 48.7 Å². The average molecular weight is 349 g/mol. The van der Waals surface area contributed by atoms with E-state index in [9.17, 15) is 4.79 Å². The topological polar surface area (TPSA) is 56.1 Å². The molecular weight excluding hydrogens is 326 g/mol. The van der Waals surface area contributed by atoms with Crippen molar-refractivity contribution >= 4 is 5.91 Å². The van der Waals surface area contributed by atoms with Crippen molar-refractivity contribution in [3.63, 3.8) is 0 Å². The van der Waals surface area contributed by atoms with Crippen molar-refractivity contribution in [1.82, 2.24) is 15.1 Å². The molecular formula is C21H23N3O2. The largest absolute Gasteiger partial charge is 0.496 e. The molecule has 0 unspecified atom stereocenters. The standard InChI is InChI=1S/C21H23N3O2/c1-16-4-9-20(26-2)19(14-16)10-12-22-21(25)18-7-5-17(6-8-18)15-24-13-3-11-23-24/h3-9,11,13-14H,10,12,15H2,1-2H3,(H,22,25). The van der Waals surface area contributed by atoms with E-state index in [1.54, 1.807) is 13.3 Å². The minimum absolute atomic E-state index is 0.0674. The number of ether oxygens (including phenoxy) is 1. The predicted octanol–water partition coefficient (Wildman–Crippen LogP) is 3.22.